The number of carbonyl (C=O) groups is 1. The number of likely N-dealkylation sites (tertiary alicyclic amines) is 1. The van der Waals surface area contributed by atoms with E-state index in [1.54, 1.807) is 17.2 Å². The Morgan fingerprint density at radius 1 is 1.09 bits per heavy atom. The lowest BCUT2D eigenvalue weighted by atomic mass is 9.89. The lowest BCUT2D eigenvalue weighted by Crippen LogP contribution is -2.34. The molecule has 35 heavy (non-hydrogen) atoms. The minimum absolute atomic E-state index is 0.177. The highest BCUT2D eigenvalue weighted by molar-refractivity contribution is 5.78. The van der Waals surface area contributed by atoms with Crippen LogP contribution < -0.4 is 15.5 Å². The highest BCUT2D eigenvalue weighted by atomic mass is 19.3. The smallest absolute Gasteiger partial charge is 0.266 e. The van der Waals surface area contributed by atoms with Crippen LogP contribution in [-0.2, 0) is 4.79 Å². The predicted octanol–water partition coefficient (Wildman–Crippen LogP) is 4.83. The van der Waals surface area contributed by atoms with E-state index in [1.807, 2.05) is 6.08 Å². The summed E-state index contributed by atoms with van der Waals surface area (Å²) in [6.07, 6.45) is 9.36. The number of hydrogen-bond acceptors (Lipinski definition) is 6. The molecular weight excluding hydrogens is 448 g/mol. The van der Waals surface area contributed by atoms with Crippen molar-refractivity contribution < 1.29 is 13.6 Å². The van der Waals surface area contributed by atoms with Gasteiger partial charge in [0, 0.05) is 30.3 Å². The number of benzene rings is 1. The summed E-state index contributed by atoms with van der Waals surface area (Å²) in [5, 5.41) is 6.43. The number of halogens is 2. The van der Waals surface area contributed by atoms with E-state index in [-0.39, 0.29) is 19.5 Å². The molecule has 184 valence electrons. The maximum atomic E-state index is 13.9. The van der Waals surface area contributed by atoms with Crippen LogP contribution in [0.25, 0.3) is 6.08 Å². The third kappa shape index (κ3) is 4.63. The monoisotopic (exact) mass is 479 g/mol. The number of fused-ring (bicyclic) bond motifs is 1. The zero-order chi connectivity index (χ0) is 24.0. The first-order chi connectivity index (χ1) is 17.0. The molecule has 0 spiro atoms. The van der Waals surface area contributed by atoms with Crippen LogP contribution >= 0.6 is 0 Å². The largest absolute Gasteiger partial charge is 0.378 e. The molecule has 4 aliphatic rings. The quantitative estimate of drug-likeness (QED) is 0.579. The Labute approximate surface area is 204 Å². The van der Waals surface area contributed by atoms with Crippen molar-refractivity contribution in [1.29, 1.82) is 0 Å². The van der Waals surface area contributed by atoms with Crippen molar-refractivity contribution >= 4 is 29.7 Å². The maximum Gasteiger partial charge on any atom is 0.266 e. The van der Waals surface area contributed by atoms with Crippen LogP contribution in [-0.4, -0.2) is 54.3 Å². The average Bonchev–Trinajstić information content (AvgIpc) is 3.66. The third-order valence-electron chi connectivity index (χ3n) is 7.79. The molecule has 8 heteroatoms. The van der Waals surface area contributed by atoms with Gasteiger partial charge in [0.1, 0.15) is 24.0 Å². The molecule has 1 aliphatic carbocycles. The van der Waals surface area contributed by atoms with E-state index >= 15 is 0 Å². The molecule has 1 saturated carbocycles. The molecule has 1 atom stereocenters. The van der Waals surface area contributed by atoms with Gasteiger partial charge in [-0.25, -0.2) is 13.8 Å². The van der Waals surface area contributed by atoms with Gasteiger partial charge in [-0.1, -0.05) is 12.1 Å². The number of pyridine rings is 1. The Balaban J connectivity index is 1.24. The van der Waals surface area contributed by atoms with E-state index in [9.17, 15) is 13.6 Å². The number of piperidine rings is 1. The van der Waals surface area contributed by atoms with E-state index in [1.165, 1.54) is 44.3 Å². The fraction of sp³-hybridized carbons (Fsp3) is 0.481. The summed E-state index contributed by atoms with van der Waals surface area (Å²) in [4.78, 5) is 20.7. The van der Waals surface area contributed by atoms with Crippen LogP contribution in [0.5, 0.6) is 0 Å². The van der Waals surface area contributed by atoms with Crippen LogP contribution in [0, 0.1) is 0 Å². The summed E-state index contributed by atoms with van der Waals surface area (Å²) in [5.74, 6) is -1.11. The van der Waals surface area contributed by atoms with Crippen LogP contribution in [0.15, 0.2) is 36.5 Å². The minimum Gasteiger partial charge on any atom is -0.378 e. The van der Waals surface area contributed by atoms with Gasteiger partial charge < -0.3 is 25.2 Å². The molecule has 6 rings (SSSR count). The standard InChI is InChI=1S/C27H31F2N5O/c28-27(29)10-14-34(17-27)24-15-20-7-11-30-23(16-35)25(20)26(32-24)31-21-3-1-18(2-4-21)19-8-12-33(13-9-19)22-5-6-22/h1-4,7,11,15-16,19,22-23,30H,5-6,8-10,12-14,17H2,(H,31,32). The number of nitrogens with one attached hydrogen (secondary N) is 2. The molecule has 6 nitrogen and oxygen atoms in total. The van der Waals surface area contributed by atoms with E-state index in [4.69, 9.17) is 4.98 Å². The van der Waals surface area contributed by atoms with Gasteiger partial charge in [-0.2, -0.15) is 0 Å². The molecule has 0 amide bonds. The fourth-order valence-electron chi connectivity index (χ4n) is 5.66. The molecule has 2 saturated heterocycles. The zero-order valence-electron chi connectivity index (χ0n) is 19.7. The molecule has 2 N–H and O–H groups in total. The fourth-order valence-corrected chi connectivity index (χ4v) is 5.66. The van der Waals surface area contributed by atoms with Crippen molar-refractivity contribution in [1.82, 2.24) is 15.2 Å². The van der Waals surface area contributed by atoms with Gasteiger partial charge in [-0.3, -0.25) is 0 Å². The first-order valence-corrected chi connectivity index (χ1v) is 12.7. The van der Waals surface area contributed by atoms with Gasteiger partial charge in [0.05, 0.1) is 6.54 Å². The van der Waals surface area contributed by atoms with Gasteiger partial charge in [0.25, 0.3) is 5.92 Å². The highest BCUT2D eigenvalue weighted by Gasteiger charge is 2.39. The molecule has 3 aliphatic heterocycles. The second-order valence-corrected chi connectivity index (χ2v) is 10.3. The Kier molecular flexibility index (Phi) is 5.71. The number of aldehydes is 1. The van der Waals surface area contributed by atoms with Gasteiger partial charge in [0.15, 0.2) is 0 Å². The molecule has 0 bridgehead atoms. The molecule has 1 unspecified atom stereocenters. The maximum absolute atomic E-state index is 13.9. The molecule has 1 aromatic heterocycles. The van der Waals surface area contributed by atoms with Crippen LogP contribution in [0.4, 0.5) is 26.1 Å². The van der Waals surface area contributed by atoms with E-state index in [2.05, 4.69) is 39.8 Å². The predicted molar refractivity (Wildman–Crippen MR) is 133 cm³/mol. The number of nitrogens with zero attached hydrogens (tertiary/aromatic N) is 3. The second kappa shape index (κ2) is 8.90. The summed E-state index contributed by atoms with van der Waals surface area (Å²) in [6.45, 7) is 2.28. The second-order valence-electron chi connectivity index (χ2n) is 10.3. The summed E-state index contributed by atoms with van der Waals surface area (Å²) >= 11 is 0. The van der Waals surface area contributed by atoms with Crippen LogP contribution in [0.2, 0.25) is 0 Å². The first kappa shape index (κ1) is 22.5. The molecule has 0 radical (unpaired) electrons. The molecular formula is C27H31F2N5O. The number of alkyl halides is 2. The van der Waals surface area contributed by atoms with Gasteiger partial charge in [-0.15, -0.1) is 0 Å². The first-order valence-electron chi connectivity index (χ1n) is 12.7. The molecule has 2 aromatic rings. The van der Waals surface area contributed by atoms with Gasteiger partial charge >= 0.3 is 0 Å². The van der Waals surface area contributed by atoms with E-state index < -0.39 is 12.0 Å². The summed E-state index contributed by atoms with van der Waals surface area (Å²) in [5.41, 5.74) is 3.75. The van der Waals surface area contributed by atoms with Crippen molar-refractivity contribution in [2.24, 2.45) is 0 Å². The van der Waals surface area contributed by atoms with Gasteiger partial charge in [0.2, 0.25) is 0 Å². The minimum atomic E-state index is -2.71. The SMILES string of the molecule is O=CC1NC=Cc2cc(N3CCC(F)(F)C3)nc(Nc3ccc(C4CCN(C5CC5)CC4)cc3)c21. The number of rotatable bonds is 6. The average molecular weight is 480 g/mol. The Bertz CT molecular complexity index is 1120. The summed E-state index contributed by atoms with van der Waals surface area (Å²) < 4.78 is 27.8. The Hall–Kier alpha value is -3.00. The van der Waals surface area contributed by atoms with Crippen molar-refractivity contribution in [2.45, 2.75) is 56.0 Å². The summed E-state index contributed by atoms with van der Waals surface area (Å²) in [6, 6.07) is 10.5. The van der Waals surface area contributed by atoms with Crippen molar-refractivity contribution in [3.05, 3.63) is 53.2 Å². The zero-order valence-corrected chi connectivity index (χ0v) is 19.7. The summed E-state index contributed by atoms with van der Waals surface area (Å²) in [7, 11) is 0. The number of carbonyl (C=O) groups excluding carboxylic acids is 1. The van der Waals surface area contributed by atoms with E-state index in [0.717, 1.165) is 29.1 Å². The Morgan fingerprint density at radius 2 is 1.86 bits per heavy atom. The van der Waals surface area contributed by atoms with Crippen LogP contribution in [0.3, 0.4) is 0 Å². The normalized spacial score (nSPS) is 24.2. The van der Waals surface area contributed by atoms with Crippen molar-refractivity contribution in [2.75, 3.05) is 36.4 Å². The molecule has 1 aromatic carbocycles. The van der Waals surface area contributed by atoms with E-state index in [0.29, 0.717) is 17.6 Å². The van der Waals surface area contributed by atoms with Crippen molar-refractivity contribution in [3.63, 3.8) is 0 Å². The van der Waals surface area contributed by atoms with Gasteiger partial charge in [-0.05, 0) is 86.3 Å². The number of aromatic nitrogens is 1. The Morgan fingerprint density at radius 3 is 2.51 bits per heavy atom. The lowest BCUT2D eigenvalue weighted by Gasteiger charge is -2.32. The highest BCUT2D eigenvalue weighted by Crippen LogP contribution is 2.38. The number of hydrogen-bond donors (Lipinski definition) is 2. The third-order valence-corrected chi connectivity index (χ3v) is 7.79. The number of anilines is 3. The van der Waals surface area contributed by atoms with Crippen molar-refractivity contribution in [3.8, 4) is 0 Å². The molecule has 4 heterocycles. The topological polar surface area (TPSA) is 60.5 Å². The van der Waals surface area contributed by atoms with Crippen LogP contribution in [0.1, 0.15) is 60.8 Å². The molecule has 3 fully saturated rings. The lowest BCUT2D eigenvalue weighted by molar-refractivity contribution is -0.109.